The Kier molecular flexibility index (Phi) is 5.76. The number of carbonyl (C=O) groups is 2. The van der Waals surface area contributed by atoms with Crippen LogP contribution < -0.4 is 5.32 Å². The number of sulfone groups is 1. The van der Waals surface area contributed by atoms with E-state index in [1.54, 1.807) is 23.1 Å². The van der Waals surface area contributed by atoms with Crippen LogP contribution in [0.1, 0.15) is 23.2 Å². The molecule has 0 atom stereocenters. The van der Waals surface area contributed by atoms with Gasteiger partial charge in [-0.05, 0) is 49.2 Å². The standard InChI is InChI=1S/C21H20FN3O4S2/c1-31(28,29)16-5-6-17-18(12-16)30-21(23-17)24-19(26)13-7-9-25(10-8-13)20(27)14-3-2-4-15(22)11-14/h2-6,11-13H,7-10H2,1H3,(H,23,24,26). The van der Waals surface area contributed by atoms with Crippen molar-refractivity contribution in [2.75, 3.05) is 24.7 Å². The highest BCUT2D eigenvalue weighted by Gasteiger charge is 2.28. The number of hydrogen-bond acceptors (Lipinski definition) is 6. The number of anilines is 1. The zero-order chi connectivity index (χ0) is 22.2. The number of hydrogen-bond donors (Lipinski definition) is 1. The van der Waals surface area contributed by atoms with Crippen molar-refractivity contribution in [3.05, 3.63) is 53.8 Å². The number of amides is 2. The van der Waals surface area contributed by atoms with Gasteiger partial charge < -0.3 is 10.2 Å². The van der Waals surface area contributed by atoms with Gasteiger partial charge in [-0.3, -0.25) is 9.59 Å². The van der Waals surface area contributed by atoms with Gasteiger partial charge >= 0.3 is 0 Å². The van der Waals surface area contributed by atoms with Crippen LogP contribution in [0.2, 0.25) is 0 Å². The van der Waals surface area contributed by atoms with Crippen molar-refractivity contribution >= 4 is 48.3 Å². The monoisotopic (exact) mass is 461 g/mol. The van der Waals surface area contributed by atoms with Gasteiger partial charge in [-0.25, -0.2) is 17.8 Å². The molecule has 2 amide bonds. The first-order valence-electron chi connectivity index (χ1n) is 9.67. The Morgan fingerprint density at radius 2 is 1.90 bits per heavy atom. The van der Waals surface area contributed by atoms with Crippen LogP contribution >= 0.6 is 11.3 Å². The number of halogens is 1. The van der Waals surface area contributed by atoms with Crippen molar-refractivity contribution in [1.29, 1.82) is 0 Å². The molecule has 0 radical (unpaired) electrons. The van der Waals surface area contributed by atoms with Crippen LogP contribution in [-0.4, -0.2) is 49.5 Å². The molecule has 0 unspecified atom stereocenters. The summed E-state index contributed by atoms with van der Waals surface area (Å²) < 4.78 is 37.5. The molecular formula is C21H20FN3O4S2. The van der Waals surface area contributed by atoms with E-state index in [-0.39, 0.29) is 22.6 Å². The van der Waals surface area contributed by atoms with E-state index >= 15 is 0 Å². The molecule has 0 spiro atoms. The first-order valence-corrected chi connectivity index (χ1v) is 12.4. The number of thiazole rings is 1. The Balaban J connectivity index is 1.38. The van der Waals surface area contributed by atoms with E-state index in [1.165, 1.54) is 35.6 Å². The molecule has 3 aromatic rings. The minimum atomic E-state index is -3.32. The topological polar surface area (TPSA) is 96.4 Å². The summed E-state index contributed by atoms with van der Waals surface area (Å²) in [5, 5.41) is 3.21. The molecule has 0 aliphatic carbocycles. The summed E-state index contributed by atoms with van der Waals surface area (Å²) in [6.45, 7) is 0.815. The van der Waals surface area contributed by atoms with Gasteiger partial charge in [-0.1, -0.05) is 17.4 Å². The fourth-order valence-electron chi connectivity index (χ4n) is 3.55. The van der Waals surface area contributed by atoms with Crippen molar-refractivity contribution in [1.82, 2.24) is 9.88 Å². The van der Waals surface area contributed by atoms with Crippen LogP contribution in [0.15, 0.2) is 47.4 Å². The second kappa shape index (κ2) is 8.35. The molecule has 4 rings (SSSR count). The van der Waals surface area contributed by atoms with Crippen molar-refractivity contribution in [2.24, 2.45) is 5.92 Å². The summed E-state index contributed by atoms with van der Waals surface area (Å²) in [7, 11) is -3.32. The predicted molar refractivity (Wildman–Crippen MR) is 116 cm³/mol. The van der Waals surface area contributed by atoms with Gasteiger partial charge in [0.15, 0.2) is 15.0 Å². The Bertz CT molecular complexity index is 1260. The molecule has 2 aromatic carbocycles. The number of fused-ring (bicyclic) bond motifs is 1. The third kappa shape index (κ3) is 4.75. The second-order valence-electron chi connectivity index (χ2n) is 7.49. The van der Waals surface area contributed by atoms with E-state index in [2.05, 4.69) is 10.3 Å². The lowest BCUT2D eigenvalue weighted by Gasteiger charge is -2.31. The molecule has 1 N–H and O–H groups in total. The second-order valence-corrected chi connectivity index (χ2v) is 10.5. The van der Waals surface area contributed by atoms with E-state index in [9.17, 15) is 22.4 Å². The minimum Gasteiger partial charge on any atom is -0.339 e. The maximum Gasteiger partial charge on any atom is 0.253 e. The highest BCUT2D eigenvalue weighted by atomic mass is 32.2. The molecule has 1 saturated heterocycles. The first-order chi connectivity index (χ1) is 14.7. The summed E-state index contributed by atoms with van der Waals surface area (Å²) in [6, 6.07) is 10.2. The lowest BCUT2D eigenvalue weighted by atomic mass is 9.95. The first kappa shape index (κ1) is 21.4. The number of aromatic nitrogens is 1. The number of likely N-dealkylation sites (tertiary alicyclic amines) is 1. The molecule has 7 nitrogen and oxygen atoms in total. The Morgan fingerprint density at radius 1 is 1.16 bits per heavy atom. The van der Waals surface area contributed by atoms with Gasteiger partial charge in [0.05, 0.1) is 15.1 Å². The molecule has 1 aliphatic rings. The molecule has 0 bridgehead atoms. The largest absolute Gasteiger partial charge is 0.339 e. The van der Waals surface area contributed by atoms with Crippen molar-refractivity contribution < 1.29 is 22.4 Å². The molecule has 0 saturated carbocycles. The zero-order valence-electron chi connectivity index (χ0n) is 16.7. The zero-order valence-corrected chi connectivity index (χ0v) is 18.3. The van der Waals surface area contributed by atoms with E-state index in [4.69, 9.17) is 0 Å². The van der Waals surface area contributed by atoms with Gasteiger partial charge in [-0.2, -0.15) is 0 Å². The number of nitrogens with one attached hydrogen (secondary N) is 1. The van der Waals surface area contributed by atoms with Crippen LogP contribution in [0.3, 0.4) is 0 Å². The lowest BCUT2D eigenvalue weighted by Crippen LogP contribution is -2.41. The van der Waals surface area contributed by atoms with Crippen molar-refractivity contribution in [3.8, 4) is 0 Å². The number of piperidine rings is 1. The molecular weight excluding hydrogens is 441 g/mol. The van der Waals surface area contributed by atoms with Gasteiger partial charge in [0.1, 0.15) is 5.82 Å². The van der Waals surface area contributed by atoms with Crippen LogP contribution in [0.4, 0.5) is 9.52 Å². The molecule has 1 fully saturated rings. The van der Waals surface area contributed by atoms with Crippen LogP contribution in [0.5, 0.6) is 0 Å². The van der Waals surface area contributed by atoms with E-state index < -0.39 is 15.7 Å². The number of rotatable bonds is 4. The van der Waals surface area contributed by atoms with Gasteiger partial charge in [0, 0.05) is 30.8 Å². The molecule has 1 aliphatic heterocycles. The minimum absolute atomic E-state index is 0.180. The smallest absolute Gasteiger partial charge is 0.253 e. The van der Waals surface area contributed by atoms with Gasteiger partial charge in [-0.15, -0.1) is 0 Å². The van der Waals surface area contributed by atoms with Gasteiger partial charge in [0.2, 0.25) is 5.91 Å². The van der Waals surface area contributed by atoms with Crippen molar-refractivity contribution in [3.63, 3.8) is 0 Å². The molecule has 2 heterocycles. The van der Waals surface area contributed by atoms with Crippen molar-refractivity contribution in [2.45, 2.75) is 17.7 Å². The SMILES string of the molecule is CS(=O)(=O)c1ccc2nc(NC(=O)C3CCN(C(=O)c4cccc(F)c4)CC3)sc2c1. The summed E-state index contributed by atoms with van der Waals surface area (Å²) in [4.78, 5) is 31.4. The predicted octanol–water partition coefficient (Wildman–Crippen LogP) is 3.33. The lowest BCUT2D eigenvalue weighted by molar-refractivity contribution is -0.121. The summed E-state index contributed by atoms with van der Waals surface area (Å²) in [5.74, 6) is -1.15. The Hall–Kier alpha value is -2.85. The van der Waals surface area contributed by atoms with Crippen LogP contribution in [-0.2, 0) is 14.6 Å². The molecule has 1 aromatic heterocycles. The highest BCUT2D eigenvalue weighted by Crippen LogP contribution is 2.29. The average Bonchev–Trinajstić information content (AvgIpc) is 3.14. The van der Waals surface area contributed by atoms with E-state index in [0.717, 1.165) is 6.26 Å². The number of carbonyl (C=O) groups excluding carboxylic acids is 2. The normalized spacial score (nSPS) is 15.2. The van der Waals surface area contributed by atoms with Crippen LogP contribution in [0.25, 0.3) is 10.2 Å². The van der Waals surface area contributed by atoms with Crippen LogP contribution in [0, 0.1) is 11.7 Å². The summed E-state index contributed by atoms with van der Waals surface area (Å²) >= 11 is 1.22. The Labute approximate surface area is 182 Å². The summed E-state index contributed by atoms with van der Waals surface area (Å²) in [5.41, 5.74) is 0.911. The molecule has 10 heteroatoms. The molecule has 31 heavy (non-hydrogen) atoms. The quantitative estimate of drug-likeness (QED) is 0.643. The fraction of sp³-hybridized carbons (Fsp3) is 0.286. The number of benzene rings is 2. The third-order valence-corrected chi connectivity index (χ3v) is 7.29. The van der Waals surface area contributed by atoms with Gasteiger partial charge in [0.25, 0.3) is 5.91 Å². The van der Waals surface area contributed by atoms with E-state index in [1.807, 2.05) is 0 Å². The number of nitrogens with zero attached hydrogens (tertiary/aromatic N) is 2. The summed E-state index contributed by atoms with van der Waals surface area (Å²) in [6.07, 6.45) is 2.13. The molecule has 162 valence electrons. The maximum absolute atomic E-state index is 13.4. The highest BCUT2D eigenvalue weighted by molar-refractivity contribution is 7.90. The average molecular weight is 462 g/mol. The third-order valence-electron chi connectivity index (χ3n) is 5.24. The van der Waals surface area contributed by atoms with E-state index in [0.29, 0.717) is 46.8 Å². The maximum atomic E-state index is 13.4. The Morgan fingerprint density at radius 3 is 2.58 bits per heavy atom. The fourth-order valence-corrected chi connectivity index (χ4v) is 5.18.